The molecular weight excluding hydrogens is 304 g/mol. The normalized spacial score (nSPS) is 14.1. The van der Waals surface area contributed by atoms with Gasteiger partial charge in [0, 0.05) is 13.1 Å². The van der Waals surface area contributed by atoms with Gasteiger partial charge in [0.2, 0.25) is 5.88 Å². The molecular formula is C19H20N2O3. The molecule has 0 amide bonds. The van der Waals surface area contributed by atoms with Crippen molar-refractivity contribution >= 4 is 17.4 Å². The highest BCUT2D eigenvalue weighted by atomic mass is 16.5. The van der Waals surface area contributed by atoms with Crippen molar-refractivity contribution in [1.82, 2.24) is 4.98 Å². The first-order valence-electron chi connectivity index (χ1n) is 7.85. The minimum atomic E-state index is -0.448. The number of anilines is 1. The molecule has 0 aliphatic carbocycles. The van der Waals surface area contributed by atoms with E-state index in [0.717, 1.165) is 25.3 Å². The van der Waals surface area contributed by atoms with E-state index in [1.807, 2.05) is 12.1 Å². The Bertz CT molecular complexity index is 756. The zero-order valence-corrected chi connectivity index (χ0v) is 13.9. The fourth-order valence-corrected chi connectivity index (χ4v) is 2.82. The number of benzene rings is 1. The summed E-state index contributed by atoms with van der Waals surface area (Å²) in [6, 6.07) is 13.9. The van der Waals surface area contributed by atoms with Crippen molar-refractivity contribution in [3.63, 3.8) is 0 Å². The van der Waals surface area contributed by atoms with Crippen LogP contribution in [-0.2, 0) is 4.74 Å². The summed E-state index contributed by atoms with van der Waals surface area (Å²) in [5, 5.41) is 0. The summed E-state index contributed by atoms with van der Waals surface area (Å²) < 4.78 is 9.98. The van der Waals surface area contributed by atoms with Gasteiger partial charge in [-0.3, -0.25) is 0 Å². The van der Waals surface area contributed by atoms with Gasteiger partial charge in [-0.1, -0.05) is 36.4 Å². The van der Waals surface area contributed by atoms with E-state index in [9.17, 15) is 4.79 Å². The number of pyridine rings is 1. The van der Waals surface area contributed by atoms with Crippen molar-refractivity contribution in [2.24, 2.45) is 0 Å². The molecule has 0 fully saturated rings. The Morgan fingerprint density at radius 2 is 1.92 bits per heavy atom. The van der Waals surface area contributed by atoms with Crippen LogP contribution in [-0.4, -0.2) is 38.3 Å². The van der Waals surface area contributed by atoms with Crippen LogP contribution in [0.25, 0.3) is 5.57 Å². The summed E-state index contributed by atoms with van der Waals surface area (Å²) in [6.45, 7) is 1.65. The third-order valence-corrected chi connectivity index (χ3v) is 4.12. The summed E-state index contributed by atoms with van der Waals surface area (Å²) in [5.74, 6) is 0.635. The molecule has 5 heteroatoms. The monoisotopic (exact) mass is 324 g/mol. The van der Waals surface area contributed by atoms with Crippen molar-refractivity contribution < 1.29 is 14.3 Å². The van der Waals surface area contributed by atoms with E-state index in [1.165, 1.54) is 25.4 Å². The lowest BCUT2D eigenvalue weighted by atomic mass is 9.99. The average Bonchev–Trinajstić information content (AvgIpc) is 2.67. The molecule has 0 atom stereocenters. The second-order valence-corrected chi connectivity index (χ2v) is 5.51. The molecule has 0 unspecified atom stereocenters. The van der Waals surface area contributed by atoms with Gasteiger partial charge in [-0.05, 0) is 29.7 Å². The van der Waals surface area contributed by atoms with Crippen LogP contribution in [0.15, 0.2) is 48.5 Å². The second kappa shape index (κ2) is 7.17. The smallest absolute Gasteiger partial charge is 0.343 e. The van der Waals surface area contributed by atoms with Gasteiger partial charge in [0.05, 0.1) is 14.2 Å². The van der Waals surface area contributed by atoms with E-state index in [2.05, 4.69) is 40.2 Å². The van der Waals surface area contributed by atoms with Crippen LogP contribution in [0.4, 0.5) is 5.82 Å². The van der Waals surface area contributed by atoms with E-state index in [-0.39, 0.29) is 5.88 Å². The van der Waals surface area contributed by atoms with Crippen LogP contribution in [0.1, 0.15) is 22.3 Å². The number of hydrogen-bond donors (Lipinski definition) is 0. The SMILES string of the molecule is COC(=O)c1ccc(N2CC=C(c3ccccc3)CC2)nc1OC. The van der Waals surface area contributed by atoms with Gasteiger partial charge in [-0.15, -0.1) is 0 Å². The molecule has 0 N–H and O–H groups in total. The van der Waals surface area contributed by atoms with Gasteiger partial charge in [0.1, 0.15) is 11.4 Å². The number of aromatic nitrogens is 1. The molecule has 0 saturated heterocycles. The van der Waals surface area contributed by atoms with E-state index >= 15 is 0 Å². The lowest BCUT2D eigenvalue weighted by Gasteiger charge is -2.28. The molecule has 3 rings (SSSR count). The molecule has 0 saturated carbocycles. The highest BCUT2D eigenvalue weighted by Crippen LogP contribution is 2.27. The zero-order valence-electron chi connectivity index (χ0n) is 13.9. The lowest BCUT2D eigenvalue weighted by molar-refractivity contribution is 0.0596. The average molecular weight is 324 g/mol. The van der Waals surface area contributed by atoms with Crippen molar-refractivity contribution in [3.8, 4) is 5.88 Å². The Labute approximate surface area is 141 Å². The molecule has 124 valence electrons. The maximum absolute atomic E-state index is 11.7. The van der Waals surface area contributed by atoms with Gasteiger partial charge in [0.25, 0.3) is 0 Å². The Morgan fingerprint density at radius 3 is 2.54 bits per heavy atom. The van der Waals surface area contributed by atoms with Gasteiger partial charge in [0.15, 0.2) is 0 Å². The van der Waals surface area contributed by atoms with Gasteiger partial charge in [-0.25, -0.2) is 4.79 Å². The van der Waals surface area contributed by atoms with Crippen LogP contribution in [0.2, 0.25) is 0 Å². The molecule has 2 heterocycles. The van der Waals surface area contributed by atoms with Crippen LogP contribution >= 0.6 is 0 Å². The minimum absolute atomic E-state index is 0.289. The molecule has 24 heavy (non-hydrogen) atoms. The molecule has 0 bridgehead atoms. The molecule has 1 aliphatic heterocycles. The van der Waals surface area contributed by atoms with Crippen LogP contribution in [0, 0.1) is 0 Å². The molecule has 5 nitrogen and oxygen atoms in total. The number of rotatable bonds is 4. The zero-order chi connectivity index (χ0) is 16.9. The summed E-state index contributed by atoms with van der Waals surface area (Å²) in [7, 11) is 2.85. The summed E-state index contributed by atoms with van der Waals surface area (Å²) in [4.78, 5) is 18.3. The van der Waals surface area contributed by atoms with Crippen LogP contribution in [0.5, 0.6) is 5.88 Å². The Hall–Kier alpha value is -2.82. The molecule has 2 aromatic rings. The van der Waals surface area contributed by atoms with Gasteiger partial charge in [-0.2, -0.15) is 4.98 Å². The predicted octanol–water partition coefficient (Wildman–Crippen LogP) is 3.17. The van der Waals surface area contributed by atoms with E-state index in [1.54, 1.807) is 6.07 Å². The minimum Gasteiger partial charge on any atom is -0.480 e. The standard InChI is InChI=1S/C19H20N2O3/c1-23-18-16(19(22)24-2)8-9-17(20-18)21-12-10-15(11-13-21)14-6-4-3-5-7-14/h3-10H,11-13H2,1-2H3. The summed E-state index contributed by atoms with van der Waals surface area (Å²) in [5.41, 5.74) is 2.95. The first-order chi connectivity index (χ1) is 11.7. The third kappa shape index (κ3) is 3.25. The number of nitrogens with zero attached hydrogens (tertiary/aromatic N) is 2. The maximum atomic E-state index is 11.7. The van der Waals surface area contributed by atoms with Crippen LogP contribution < -0.4 is 9.64 Å². The highest BCUT2D eigenvalue weighted by molar-refractivity contribution is 5.92. The number of hydrogen-bond acceptors (Lipinski definition) is 5. The van der Waals surface area contributed by atoms with Crippen molar-refractivity contribution in [1.29, 1.82) is 0 Å². The molecule has 0 radical (unpaired) electrons. The quantitative estimate of drug-likeness (QED) is 0.809. The predicted molar refractivity (Wildman–Crippen MR) is 93.4 cm³/mol. The largest absolute Gasteiger partial charge is 0.480 e. The molecule has 1 aliphatic rings. The van der Waals surface area contributed by atoms with Crippen molar-refractivity contribution in [2.45, 2.75) is 6.42 Å². The van der Waals surface area contributed by atoms with Gasteiger partial charge < -0.3 is 14.4 Å². The van der Waals surface area contributed by atoms with Gasteiger partial charge >= 0.3 is 5.97 Å². The third-order valence-electron chi connectivity index (χ3n) is 4.12. The van der Waals surface area contributed by atoms with E-state index < -0.39 is 5.97 Å². The Morgan fingerprint density at radius 1 is 1.12 bits per heavy atom. The van der Waals surface area contributed by atoms with E-state index in [0.29, 0.717) is 5.56 Å². The lowest BCUT2D eigenvalue weighted by Crippen LogP contribution is -2.29. The number of carbonyl (C=O) groups excluding carboxylic acids is 1. The molecule has 1 aromatic carbocycles. The maximum Gasteiger partial charge on any atom is 0.343 e. The van der Waals surface area contributed by atoms with E-state index in [4.69, 9.17) is 9.47 Å². The number of esters is 1. The summed E-state index contributed by atoms with van der Waals surface area (Å²) >= 11 is 0. The first-order valence-corrected chi connectivity index (χ1v) is 7.85. The molecule has 1 aromatic heterocycles. The Kier molecular flexibility index (Phi) is 4.79. The van der Waals surface area contributed by atoms with Crippen molar-refractivity contribution in [2.75, 3.05) is 32.2 Å². The summed E-state index contributed by atoms with van der Waals surface area (Å²) in [6.07, 6.45) is 3.17. The highest BCUT2D eigenvalue weighted by Gasteiger charge is 2.19. The Balaban J connectivity index is 1.79. The number of ether oxygens (including phenoxy) is 2. The fraction of sp³-hybridized carbons (Fsp3) is 0.263. The fourth-order valence-electron chi connectivity index (χ4n) is 2.82. The van der Waals surface area contributed by atoms with Crippen molar-refractivity contribution in [3.05, 3.63) is 59.7 Å². The van der Waals surface area contributed by atoms with Crippen LogP contribution in [0.3, 0.4) is 0 Å². The number of methoxy groups -OCH3 is 2. The first kappa shape index (κ1) is 16.1. The molecule has 0 spiro atoms. The topological polar surface area (TPSA) is 51.7 Å². The second-order valence-electron chi connectivity index (χ2n) is 5.51. The number of carbonyl (C=O) groups is 1.